The molecule has 2 unspecified atom stereocenters. The summed E-state index contributed by atoms with van der Waals surface area (Å²) in [6, 6.07) is 0. The molecule has 1 aliphatic rings. The van der Waals surface area contributed by atoms with Gasteiger partial charge in [0.1, 0.15) is 9.84 Å². The molecule has 3 nitrogen and oxygen atoms in total. The summed E-state index contributed by atoms with van der Waals surface area (Å²) >= 11 is 0. The van der Waals surface area contributed by atoms with Gasteiger partial charge in [0.25, 0.3) is 0 Å². The van der Waals surface area contributed by atoms with Gasteiger partial charge in [-0.25, -0.2) is 8.42 Å². The van der Waals surface area contributed by atoms with Gasteiger partial charge in [-0.3, -0.25) is 0 Å². The van der Waals surface area contributed by atoms with Crippen LogP contribution < -0.4 is 5.32 Å². The predicted octanol–water partition coefficient (Wildman–Crippen LogP) is 1.45. The van der Waals surface area contributed by atoms with Gasteiger partial charge < -0.3 is 5.32 Å². The van der Waals surface area contributed by atoms with E-state index in [-0.39, 0.29) is 0 Å². The quantitative estimate of drug-likeness (QED) is 0.724. The zero-order valence-electron chi connectivity index (χ0n) is 9.83. The molecule has 2 atom stereocenters. The van der Waals surface area contributed by atoms with E-state index in [0.29, 0.717) is 5.75 Å². The summed E-state index contributed by atoms with van der Waals surface area (Å²) in [5, 5.41) is 3.37. The third-order valence-electron chi connectivity index (χ3n) is 3.32. The number of hydrogen-bond acceptors (Lipinski definition) is 3. The maximum atomic E-state index is 11.0. The van der Waals surface area contributed by atoms with E-state index in [1.807, 2.05) is 0 Å². The Labute approximate surface area is 93.6 Å². The smallest absolute Gasteiger partial charge is 0.147 e. The SMILES string of the molecule is CCNCC1CCC1CCCS(C)(=O)=O. The van der Waals surface area contributed by atoms with Gasteiger partial charge in [0.05, 0.1) is 0 Å². The van der Waals surface area contributed by atoms with Crippen LogP contribution in [0.5, 0.6) is 0 Å². The van der Waals surface area contributed by atoms with Gasteiger partial charge >= 0.3 is 0 Å². The third kappa shape index (κ3) is 4.98. The van der Waals surface area contributed by atoms with Crippen molar-refractivity contribution in [1.82, 2.24) is 5.32 Å². The molecule has 0 saturated heterocycles. The second-order valence-corrected chi connectivity index (χ2v) is 6.94. The molecule has 0 aromatic rings. The fraction of sp³-hybridized carbons (Fsp3) is 1.00. The van der Waals surface area contributed by atoms with Crippen LogP contribution in [-0.2, 0) is 9.84 Å². The molecule has 4 heteroatoms. The summed E-state index contributed by atoms with van der Waals surface area (Å²) in [6.45, 7) is 4.27. The van der Waals surface area contributed by atoms with Crippen LogP contribution >= 0.6 is 0 Å². The van der Waals surface area contributed by atoms with Crippen LogP contribution in [-0.4, -0.2) is 33.5 Å². The molecule has 0 bridgehead atoms. The number of nitrogens with one attached hydrogen (secondary N) is 1. The Bertz CT molecular complexity index is 274. The van der Waals surface area contributed by atoms with Crippen molar-refractivity contribution in [2.75, 3.05) is 25.1 Å². The first-order valence-corrected chi connectivity index (χ1v) is 7.97. The van der Waals surface area contributed by atoms with E-state index in [1.54, 1.807) is 0 Å². The number of hydrogen-bond donors (Lipinski definition) is 1. The fourth-order valence-corrected chi connectivity index (χ4v) is 2.92. The highest BCUT2D eigenvalue weighted by molar-refractivity contribution is 7.90. The van der Waals surface area contributed by atoms with Crippen molar-refractivity contribution in [3.63, 3.8) is 0 Å². The molecule has 1 N–H and O–H groups in total. The maximum Gasteiger partial charge on any atom is 0.147 e. The largest absolute Gasteiger partial charge is 0.317 e. The van der Waals surface area contributed by atoms with Gasteiger partial charge in [-0.1, -0.05) is 6.92 Å². The minimum Gasteiger partial charge on any atom is -0.317 e. The van der Waals surface area contributed by atoms with Crippen LogP contribution in [0.1, 0.15) is 32.6 Å². The van der Waals surface area contributed by atoms with Crippen LogP contribution in [0.4, 0.5) is 0 Å². The van der Waals surface area contributed by atoms with Gasteiger partial charge in [0.2, 0.25) is 0 Å². The molecule has 1 aliphatic carbocycles. The van der Waals surface area contributed by atoms with Crippen LogP contribution in [0.3, 0.4) is 0 Å². The molecule has 1 saturated carbocycles. The molecular weight excluding hydrogens is 210 g/mol. The van der Waals surface area contributed by atoms with Gasteiger partial charge in [-0.15, -0.1) is 0 Å². The van der Waals surface area contributed by atoms with Gasteiger partial charge in [-0.05, 0) is 50.6 Å². The molecule has 0 radical (unpaired) electrons. The standard InChI is InChI=1S/C11H23NO2S/c1-3-12-9-11-7-6-10(11)5-4-8-15(2,13)14/h10-12H,3-9H2,1-2H3. The van der Waals surface area contributed by atoms with Crippen LogP contribution in [0.2, 0.25) is 0 Å². The molecule has 0 aliphatic heterocycles. The molecule has 0 aromatic heterocycles. The van der Waals surface area contributed by atoms with E-state index in [4.69, 9.17) is 0 Å². The van der Waals surface area contributed by atoms with E-state index in [1.165, 1.54) is 19.1 Å². The van der Waals surface area contributed by atoms with E-state index in [0.717, 1.165) is 37.8 Å². The second-order valence-electron chi connectivity index (χ2n) is 4.68. The minimum atomic E-state index is -2.75. The number of rotatable bonds is 7. The summed E-state index contributed by atoms with van der Waals surface area (Å²) in [7, 11) is -2.75. The first kappa shape index (κ1) is 13.0. The summed E-state index contributed by atoms with van der Waals surface area (Å²) in [5.74, 6) is 1.92. The van der Waals surface area contributed by atoms with E-state index in [2.05, 4.69) is 12.2 Å². The van der Waals surface area contributed by atoms with Gasteiger partial charge in [0.15, 0.2) is 0 Å². The van der Waals surface area contributed by atoms with Crippen LogP contribution in [0.25, 0.3) is 0 Å². The normalized spacial score (nSPS) is 26.3. The monoisotopic (exact) mass is 233 g/mol. The average molecular weight is 233 g/mol. The van der Waals surface area contributed by atoms with Crippen LogP contribution in [0.15, 0.2) is 0 Å². The van der Waals surface area contributed by atoms with E-state index in [9.17, 15) is 8.42 Å². The molecule has 0 spiro atoms. The predicted molar refractivity (Wildman–Crippen MR) is 63.7 cm³/mol. The Hall–Kier alpha value is -0.0900. The Balaban J connectivity index is 2.12. The van der Waals surface area contributed by atoms with Crippen molar-refractivity contribution in [1.29, 1.82) is 0 Å². The molecular formula is C11H23NO2S. The number of sulfone groups is 1. The summed E-state index contributed by atoms with van der Waals surface area (Å²) in [4.78, 5) is 0. The Morgan fingerprint density at radius 1 is 1.27 bits per heavy atom. The molecule has 1 fully saturated rings. The Morgan fingerprint density at radius 3 is 2.40 bits per heavy atom. The topological polar surface area (TPSA) is 46.2 Å². The van der Waals surface area contributed by atoms with E-state index >= 15 is 0 Å². The summed E-state index contributed by atoms with van der Waals surface area (Å²) < 4.78 is 21.9. The lowest BCUT2D eigenvalue weighted by Crippen LogP contribution is -2.35. The van der Waals surface area contributed by atoms with Gasteiger partial charge in [0, 0.05) is 12.0 Å². The molecule has 0 aromatic carbocycles. The minimum absolute atomic E-state index is 0.359. The lowest BCUT2D eigenvalue weighted by Gasteiger charge is -2.37. The lowest BCUT2D eigenvalue weighted by atomic mass is 9.71. The van der Waals surface area contributed by atoms with Crippen molar-refractivity contribution in [3.05, 3.63) is 0 Å². The van der Waals surface area contributed by atoms with Crippen molar-refractivity contribution in [3.8, 4) is 0 Å². The molecule has 0 heterocycles. The highest BCUT2D eigenvalue weighted by atomic mass is 32.2. The zero-order valence-corrected chi connectivity index (χ0v) is 10.6. The Kier molecular flexibility index (Phi) is 5.06. The first-order chi connectivity index (χ1) is 7.03. The highest BCUT2D eigenvalue weighted by Gasteiger charge is 2.29. The molecule has 0 amide bonds. The second kappa shape index (κ2) is 5.85. The third-order valence-corrected chi connectivity index (χ3v) is 4.35. The van der Waals surface area contributed by atoms with Crippen molar-refractivity contribution in [2.45, 2.75) is 32.6 Å². The zero-order chi connectivity index (χ0) is 11.3. The van der Waals surface area contributed by atoms with E-state index < -0.39 is 9.84 Å². The molecule has 1 rings (SSSR count). The maximum absolute atomic E-state index is 11.0. The van der Waals surface area contributed by atoms with Crippen molar-refractivity contribution < 1.29 is 8.42 Å². The Morgan fingerprint density at radius 2 is 1.93 bits per heavy atom. The summed E-state index contributed by atoms with van der Waals surface area (Å²) in [5.41, 5.74) is 0. The molecule has 90 valence electrons. The van der Waals surface area contributed by atoms with Crippen molar-refractivity contribution >= 4 is 9.84 Å². The average Bonchev–Trinajstić information content (AvgIpc) is 2.09. The van der Waals surface area contributed by atoms with Crippen LogP contribution in [0, 0.1) is 11.8 Å². The first-order valence-electron chi connectivity index (χ1n) is 5.91. The van der Waals surface area contributed by atoms with Gasteiger partial charge in [-0.2, -0.15) is 0 Å². The summed E-state index contributed by atoms with van der Waals surface area (Å²) in [6.07, 6.45) is 5.86. The fourth-order valence-electron chi connectivity index (χ4n) is 2.22. The van der Waals surface area contributed by atoms with Crippen molar-refractivity contribution in [2.24, 2.45) is 11.8 Å². The highest BCUT2D eigenvalue weighted by Crippen LogP contribution is 2.37. The lowest BCUT2D eigenvalue weighted by molar-refractivity contribution is 0.160. The molecule has 15 heavy (non-hydrogen) atoms.